The molecule has 1 fully saturated rings. The first-order valence-electron chi connectivity index (χ1n) is 7.03. The van der Waals surface area contributed by atoms with Crippen LogP contribution in [0.4, 0.5) is 0 Å². The Morgan fingerprint density at radius 1 is 1.32 bits per heavy atom. The molecule has 1 aromatic carbocycles. The lowest BCUT2D eigenvalue weighted by molar-refractivity contribution is -0.159. The fraction of sp³-hybridized carbons (Fsp3) is 0.467. The third-order valence-electron chi connectivity index (χ3n) is 3.53. The largest absolute Gasteiger partial charge is 0.479 e. The minimum Gasteiger partial charge on any atom is -0.479 e. The number of aliphatic carboxylic acids is 1. The second-order valence-electron chi connectivity index (χ2n) is 5.14. The molecule has 1 heterocycles. The van der Waals surface area contributed by atoms with Gasteiger partial charge < -0.3 is 14.7 Å². The first kappa shape index (κ1) is 17.1. The molecule has 0 saturated carbocycles. The summed E-state index contributed by atoms with van der Waals surface area (Å²) < 4.78 is 5.10. The molecule has 0 spiro atoms. The van der Waals surface area contributed by atoms with Crippen molar-refractivity contribution in [3.8, 4) is 0 Å². The van der Waals surface area contributed by atoms with E-state index in [0.29, 0.717) is 29.4 Å². The van der Waals surface area contributed by atoms with Gasteiger partial charge in [-0.1, -0.05) is 29.3 Å². The van der Waals surface area contributed by atoms with Gasteiger partial charge in [0.25, 0.3) is 0 Å². The van der Waals surface area contributed by atoms with Gasteiger partial charge in [0.1, 0.15) is 0 Å². The predicted octanol–water partition coefficient (Wildman–Crippen LogP) is 2.63. The molecule has 5 nitrogen and oxygen atoms in total. The standard InChI is InChI=1S/C15H17Cl2NO4/c16-11-5-4-10(8-12(11)17)2-1-3-14(19)18-6-7-22-13(9-18)15(20)21/h4-5,8,13H,1-3,6-7,9H2,(H,20,21)/t13-/m0/s1. The number of carboxylic acids is 1. The second-order valence-corrected chi connectivity index (χ2v) is 5.95. The zero-order valence-corrected chi connectivity index (χ0v) is 13.4. The summed E-state index contributed by atoms with van der Waals surface area (Å²) in [7, 11) is 0. The Labute approximate surface area is 138 Å². The van der Waals surface area contributed by atoms with Crippen LogP contribution in [-0.2, 0) is 20.7 Å². The number of hydrogen-bond acceptors (Lipinski definition) is 3. The SMILES string of the molecule is O=C(O)[C@@H]1CN(C(=O)CCCc2ccc(Cl)c(Cl)c2)CCO1. The zero-order chi connectivity index (χ0) is 16.1. The average molecular weight is 346 g/mol. The van der Waals surface area contributed by atoms with E-state index in [0.717, 1.165) is 12.0 Å². The van der Waals surface area contributed by atoms with Crippen molar-refractivity contribution in [3.05, 3.63) is 33.8 Å². The van der Waals surface area contributed by atoms with Crippen LogP contribution in [0.3, 0.4) is 0 Å². The summed E-state index contributed by atoms with van der Waals surface area (Å²) in [5.41, 5.74) is 1.02. The number of ether oxygens (including phenoxy) is 1. The number of morpholine rings is 1. The van der Waals surface area contributed by atoms with E-state index in [1.807, 2.05) is 6.07 Å². The van der Waals surface area contributed by atoms with Crippen molar-refractivity contribution in [1.82, 2.24) is 4.90 Å². The monoisotopic (exact) mass is 345 g/mol. The molecule has 0 aliphatic carbocycles. The maximum Gasteiger partial charge on any atom is 0.334 e. The highest BCUT2D eigenvalue weighted by molar-refractivity contribution is 6.42. The molecule has 0 bridgehead atoms. The number of amides is 1. The average Bonchev–Trinajstić information content (AvgIpc) is 2.51. The van der Waals surface area contributed by atoms with Gasteiger partial charge in [-0.15, -0.1) is 0 Å². The number of carboxylic acid groups (broad SMARTS) is 1. The number of benzene rings is 1. The molecule has 0 radical (unpaired) electrons. The van der Waals surface area contributed by atoms with Crippen LogP contribution in [0.5, 0.6) is 0 Å². The molecular weight excluding hydrogens is 329 g/mol. The highest BCUT2D eigenvalue weighted by atomic mass is 35.5. The Bertz CT molecular complexity index is 564. The number of nitrogens with zero attached hydrogens (tertiary/aromatic N) is 1. The quantitative estimate of drug-likeness (QED) is 0.890. The van der Waals surface area contributed by atoms with Crippen LogP contribution in [-0.4, -0.2) is 47.7 Å². The number of rotatable bonds is 5. The molecule has 1 N–H and O–H groups in total. The van der Waals surface area contributed by atoms with E-state index >= 15 is 0 Å². The Balaban J connectivity index is 1.79. The molecule has 1 amide bonds. The zero-order valence-electron chi connectivity index (χ0n) is 11.9. The maximum absolute atomic E-state index is 12.1. The summed E-state index contributed by atoms with van der Waals surface area (Å²) in [5, 5.41) is 9.94. The molecule has 1 aliphatic rings. The van der Waals surface area contributed by atoms with Crippen molar-refractivity contribution >= 4 is 35.1 Å². The molecule has 1 atom stereocenters. The summed E-state index contributed by atoms with van der Waals surface area (Å²) in [6.45, 7) is 0.811. The van der Waals surface area contributed by atoms with Gasteiger partial charge in [0.2, 0.25) is 5.91 Å². The molecule has 22 heavy (non-hydrogen) atoms. The number of halogens is 2. The maximum atomic E-state index is 12.1. The number of carbonyl (C=O) groups is 2. The highest BCUT2D eigenvalue weighted by Crippen LogP contribution is 2.23. The van der Waals surface area contributed by atoms with Crippen LogP contribution in [0.1, 0.15) is 18.4 Å². The Hall–Kier alpha value is -1.30. The molecule has 0 aromatic heterocycles. The molecule has 7 heteroatoms. The van der Waals surface area contributed by atoms with E-state index < -0.39 is 12.1 Å². The predicted molar refractivity (Wildman–Crippen MR) is 83.4 cm³/mol. The molecular formula is C15H17Cl2NO4. The van der Waals surface area contributed by atoms with Crippen LogP contribution >= 0.6 is 23.2 Å². The van der Waals surface area contributed by atoms with E-state index in [1.165, 1.54) is 0 Å². The van der Waals surface area contributed by atoms with Crippen LogP contribution in [0.25, 0.3) is 0 Å². The smallest absolute Gasteiger partial charge is 0.334 e. The van der Waals surface area contributed by atoms with Crippen LogP contribution in [0.2, 0.25) is 10.0 Å². The van der Waals surface area contributed by atoms with Crippen molar-refractivity contribution in [3.63, 3.8) is 0 Å². The van der Waals surface area contributed by atoms with Crippen LogP contribution in [0, 0.1) is 0 Å². The minimum absolute atomic E-state index is 0.0467. The lowest BCUT2D eigenvalue weighted by Crippen LogP contribution is -2.48. The molecule has 0 unspecified atom stereocenters. The Morgan fingerprint density at radius 2 is 2.09 bits per heavy atom. The second kappa shape index (κ2) is 7.81. The van der Waals surface area contributed by atoms with Gasteiger partial charge in [-0.3, -0.25) is 4.79 Å². The van der Waals surface area contributed by atoms with E-state index in [1.54, 1.807) is 17.0 Å². The summed E-state index contributed by atoms with van der Waals surface area (Å²) in [4.78, 5) is 24.6. The van der Waals surface area contributed by atoms with Crippen molar-refractivity contribution in [2.75, 3.05) is 19.7 Å². The first-order chi connectivity index (χ1) is 10.5. The number of aryl methyl sites for hydroxylation is 1. The number of hydrogen-bond donors (Lipinski definition) is 1. The highest BCUT2D eigenvalue weighted by Gasteiger charge is 2.28. The molecule has 1 aliphatic heterocycles. The van der Waals surface area contributed by atoms with Gasteiger partial charge in [-0.25, -0.2) is 4.79 Å². The third-order valence-corrected chi connectivity index (χ3v) is 4.27. The van der Waals surface area contributed by atoms with E-state index in [9.17, 15) is 9.59 Å². The lowest BCUT2D eigenvalue weighted by Gasteiger charge is -2.30. The first-order valence-corrected chi connectivity index (χ1v) is 7.79. The Morgan fingerprint density at radius 3 is 2.77 bits per heavy atom. The van der Waals surface area contributed by atoms with Gasteiger partial charge in [0.05, 0.1) is 23.2 Å². The number of carbonyl (C=O) groups excluding carboxylic acids is 1. The third kappa shape index (κ3) is 4.60. The fourth-order valence-corrected chi connectivity index (χ4v) is 2.64. The van der Waals surface area contributed by atoms with Crippen molar-refractivity contribution in [1.29, 1.82) is 0 Å². The summed E-state index contributed by atoms with van der Waals surface area (Å²) in [6.07, 6.45) is 0.834. The molecule has 2 rings (SSSR count). The van der Waals surface area contributed by atoms with Gasteiger partial charge >= 0.3 is 5.97 Å². The topological polar surface area (TPSA) is 66.8 Å². The van der Waals surface area contributed by atoms with Crippen molar-refractivity contribution in [2.24, 2.45) is 0 Å². The molecule has 1 saturated heterocycles. The van der Waals surface area contributed by atoms with Gasteiger partial charge in [0.15, 0.2) is 6.10 Å². The van der Waals surface area contributed by atoms with E-state index in [4.69, 9.17) is 33.0 Å². The van der Waals surface area contributed by atoms with Gasteiger partial charge in [-0.05, 0) is 30.5 Å². The van der Waals surface area contributed by atoms with Gasteiger partial charge in [0, 0.05) is 13.0 Å². The van der Waals surface area contributed by atoms with E-state index in [2.05, 4.69) is 0 Å². The van der Waals surface area contributed by atoms with Crippen LogP contribution in [0.15, 0.2) is 18.2 Å². The molecule has 1 aromatic rings. The van der Waals surface area contributed by atoms with Crippen molar-refractivity contribution < 1.29 is 19.4 Å². The normalized spacial score (nSPS) is 18.3. The van der Waals surface area contributed by atoms with Gasteiger partial charge in [-0.2, -0.15) is 0 Å². The van der Waals surface area contributed by atoms with Crippen LogP contribution < -0.4 is 0 Å². The Kier molecular flexibility index (Phi) is 6.06. The minimum atomic E-state index is -1.03. The van der Waals surface area contributed by atoms with E-state index in [-0.39, 0.29) is 19.1 Å². The molecule has 120 valence electrons. The summed E-state index contributed by atoms with van der Waals surface area (Å²) >= 11 is 11.8. The summed E-state index contributed by atoms with van der Waals surface area (Å²) in [6, 6.07) is 5.41. The fourth-order valence-electron chi connectivity index (χ4n) is 2.32. The van der Waals surface area contributed by atoms with Crippen molar-refractivity contribution in [2.45, 2.75) is 25.4 Å². The summed E-state index contributed by atoms with van der Waals surface area (Å²) in [5.74, 6) is -1.08. The lowest BCUT2D eigenvalue weighted by atomic mass is 10.1.